The number of ether oxygens (including phenoxy) is 1. The first-order chi connectivity index (χ1) is 15.7. The van der Waals surface area contributed by atoms with Gasteiger partial charge >= 0.3 is 0 Å². The van der Waals surface area contributed by atoms with Gasteiger partial charge < -0.3 is 9.64 Å². The average molecular weight is 450 g/mol. The summed E-state index contributed by atoms with van der Waals surface area (Å²) < 4.78 is 5.78. The summed E-state index contributed by atoms with van der Waals surface area (Å²) in [6, 6.07) is 15.9. The number of carbonyl (C=O) groups excluding carboxylic acids is 1. The second-order valence-corrected chi connectivity index (χ2v) is 9.13. The number of carbonyl (C=O) groups is 1. The van der Waals surface area contributed by atoms with E-state index in [4.69, 9.17) is 16.3 Å². The van der Waals surface area contributed by atoms with Crippen molar-refractivity contribution in [3.8, 4) is 17.0 Å². The van der Waals surface area contributed by atoms with Gasteiger partial charge in [0.05, 0.1) is 18.3 Å². The molecule has 2 aromatic carbocycles. The molecule has 1 amide bonds. The van der Waals surface area contributed by atoms with E-state index in [1.54, 1.807) is 0 Å². The first kappa shape index (κ1) is 21.1. The highest BCUT2D eigenvalue weighted by molar-refractivity contribution is 6.30. The number of benzene rings is 2. The fourth-order valence-electron chi connectivity index (χ4n) is 5.02. The molecule has 0 spiro atoms. The Hall–Kier alpha value is -2.79. The minimum atomic E-state index is -0.162. The highest BCUT2D eigenvalue weighted by Crippen LogP contribution is 2.46. The van der Waals surface area contributed by atoms with Crippen LogP contribution >= 0.6 is 11.6 Å². The van der Waals surface area contributed by atoms with E-state index in [0.29, 0.717) is 17.3 Å². The molecule has 5 rings (SSSR count). The number of hydrogen-bond donors (Lipinski definition) is 1. The molecular formula is C26H28ClN3O2. The molecule has 1 aliphatic heterocycles. The third kappa shape index (κ3) is 3.79. The molecule has 1 atom stereocenters. The predicted molar refractivity (Wildman–Crippen MR) is 126 cm³/mol. The summed E-state index contributed by atoms with van der Waals surface area (Å²) in [4.78, 5) is 15.7. The maximum Gasteiger partial charge on any atom is 0.273 e. The van der Waals surface area contributed by atoms with Gasteiger partial charge in [-0.1, -0.05) is 62.1 Å². The average Bonchev–Trinajstić information content (AvgIpc) is 3.38. The van der Waals surface area contributed by atoms with Gasteiger partial charge in [-0.15, -0.1) is 0 Å². The van der Waals surface area contributed by atoms with Crippen molar-refractivity contribution < 1.29 is 9.53 Å². The van der Waals surface area contributed by atoms with Gasteiger partial charge in [0.2, 0.25) is 0 Å². The molecule has 1 aliphatic carbocycles. The van der Waals surface area contributed by atoms with Crippen molar-refractivity contribution in [2.45, 2.75) is 57.5 Å². The Morgan fingerprint density at radius 3 is 2.47 bits per heavy atom. The number of aromatic amines is 1. The molecule has 1 unspecified atom stereocenters. The van der Waals surface area contributed by atoms with Crippen molar-refractivity contribution in [1.29, 1.82) is 0 Å². The molecule has 1 N–H and O–H groups in total. The van der Waals surface area contributed by atoms with Crippen molar-refractivity contribution in [3.63, 3.8) is 0 Å². The van der Waals surface area contributed by atoms with Crippen LogP contribution in [0.1, 0.15) is 73.1 Å². The van der Waals surface area contributed by atoms with Crippen LogP contribution in [-0.2, 0) is 0 Å². The molecule has 1 saturated carbocycles. The molecule has 32 heavy (non-hydrogen) atoms. The maximum atomic E-state index is 13.6. The van der Waals surface area contributed by atoms with Gasteiger partial charge in [-0.05, 0) is 49.1 Å². The van der Waals surface area contributed by atoms with Gasteiger partial charge in [0, 0.05) is 22.2 Å². The summed E-state index contributed by atoms with van der Waals surface area (Å²) in [6.45, 7) is 2.79. The Morgan fingerprint density at radius 2 is 1.78 bits per heavy atom. The van der Waals surface area contributed by atoms with Gasteiger partial charge in [0.15, 0.2) is 0 Å². The summed E-state index contributed by atoms with van der Waals surface area (Å²) >= 11 is 6.11. The number of hydrogen-bond acceptors (Lipinski definition) is 3. The molecule has 2 heterocycles. The second kappa shape index (κ2) is 8.99. The molecule has 166 valence electrons. The van der Waals surface area contributed by atoms with E-state index < -0.39 is 0 Å². The van der Waals surface area contributed by atoms with E-state index >= 15 is 0 Å². The van der Waals surface area contributed by atoms with Crippen molar-refractivity contribution in [1.82, 2.24) is 15.1 Å². The topological polar surface area (TPSA) is 58.2 Å². The number of amides is 1. The van der Waals surface area contributed by atoms with Gasteiger partial charge in [-0.3, -0.25) is 9.89 Å². The maximum absolute atomic E-state index is 13.6. The number of rotatable bonds is 6. The van der Waals surface area contributed by atoms with Crippen molar-refractivity contribution in [2.24, 2.45) is 0 Å². The van der Waals surface area contributed by atoms with Gasteiger partial charge in [-0.25, -0.2) is 0 Å². The van der Waals surface area contributed by atoms with Crippen LogP contribution in [0.5, 0.6) is 5.75 Å². The fraction of sp³-hybridized carbons (Fsp3) is 0.385. The molecule has 3 aromatic rings. The van der Waals surface area contributed by atoms with Crippen molar-refractivity contribution in [3.05, 3.63) is 70.4 Å². The van der Waals surface area contributed by atoms with Gasteiger partial charge in [0.1, 0.15) is 11.4 Å². The Kier molecular flexibility index (Phi) is 5.92. The van der Waals surface area contributed by atoms with Crippen LogP contribution in [0.15, 0.2) is 48.5 Å². The molecule has 1 aromatic heterocycles. The van der Waals surface area contributed by atoms with Crippen LogP contribution in [0.3, 0.4) is 0 Å². The van der Waals surface area contributed by atoms with Crippen LogP contribution in [0.2, 0.25) is 5.02 Å². The first-order valence-corrected chi connectivity index (χ1v) is 11.9. The predicted octanol–water partition coefficient (Wildman–Crippen LogP) is 6.40. The quantitative estimate of drug-likeness (QED) is 0.473. The number of fused-ring (bicyclic) bond motifs is 1. The van der Waals surface area contributed by atoms with Crippen LogP contribution in [0.4, 0.5) is 0 Å². The normalized spacial score (nSPS) is 18.8. The highest BCUT2D eigenvalue weighted by atomic mass is 35.5. The van der Waals surface area contributed by atoms with E-state index in [2.05, 4.69) is 34.2 Å². The first-order valence-electron chi connectivity index (χ1n) is 11.6. The van der Waals surface area contributed by atoms with Crippen molar-refractivity contribution >= 4 is 17.5 Å². The zero-order valence-corrected chi connectivity index (χ0v) is 19.1. The standard InChI is InChI=1S/C26H28ClN3O2/c1-2-16-32-21-14-10-18(11-15-21)25-22-23(17-8-12-19(27)13-9-17)28-29-24(22)26(31)30(25)20-6-4-3-5-7-20/h8-15,20,25H,2-7,16H2,1H3,(H,28,29). The third-order valence-electron chi connectivity index (χ3n) is 6.56. The lowest BCUT2D eigenvalue weighted by molar-refractivity contribution is 0.0606. The molecule has 0 saturated heterocycles. The molecule has 0 radical (unpaired) electrons. The molecule has 1 fully saturated rings. The van der Waals surface area contributed by atoms with Crippen LogP contribution in [0, 0.1) is 0 Å². The molecule has 5 nitrogen and oxygen atoms in total. The SMILES string of the molecule is CCCOc1ccc(C2c3c(-c4ccc(Cl)cc4)n[nH]c3C(=O)N2C2CCCCC2)cc1. The molecular weight excluding hydrogens is 422 g/mol. The summed E-state index contributed by atoms with van der Waals surface area (Å²) in [5.41, 5.74) is 4.43. The summed E-state index contributed by atoms with van der Waals surface area (Å²) in [5, 5.41) is 8.30. The van der Waals surface area contributed by atoms with E-state index in [1.807, 2.05) is 36.4 Å². The van der Waals surface area contributed by atoms with Crippen LogP contribution < -0.4 is 4.74 Å². The Bertz CT molecular complexity index is 1090. The number of H-pyrrole nitrogens is 1. The minimum absolute atomic E-state index is 0.0518. The monoisotopic (exact) mass is 449 g/mol. The number of aromatic nitrogens is 2. The van der Waals surface area contributed by atoms with Gasteiger partial charge in [0.25, 0.3) is 5.91 Å². The lowest BCUT2D eigenvalue weighted by atomic mass is 9.91. The molecule has 2 aliphatic rings. The molecule has 6 heteroatoms. The smallest absolute Gasteiger partial charge is 0.273 e. The number of nitrogens with zero attached hydrogens (tertiary/aromatic N) is 2. The lowest BCUT2D eigenvalue weighted by Gasteiger charge is -2.36. The summed E-state index contributed by atoms with van der Waals surface area (Å²) in [7, 11) is 0. The Labute approximate surface area is 193 Å². The Balaban J connectivity index is 1.58. The molecule has 0 bridgehead atoms. The zero-order chi connectivity index (χ0) is 22.1. The minimum Gasteiger partial charge on any atom is -0.494 e. The summed E-state index contributed by atoms with van der Waals surface area (Å²) in [5.74, 6) is 0.908. The fourth-order valence-corrected chi connectivity index (χ4v) is 5.15. The largest absolute Gasteiger partial charge is 0.494 e. The number of nitrogens with one attached hydrogen (secondary N) is 1. The third-order valence-corrected chi connectivity index (χ3v) is 6.81. The van der Waals surface area contributed by atoms with Gasteiger partial charge in [-0.2, -0.15) is 5.10 Å². The second-order valence-electron chi connectivity index (χ2n) is 8.69. The van der Waals surface area contributed by atoms with Crippen LogP contribution in [0.25, 0.3) is 11.3 Å². The van der Waals surface area contributed by atoms with Crippen molar-refractivity contribution in [2.75, 3.05) is 6.61 Å². The number of halogens is 1. The van der Waals surface area contributed by atoms with E-state index in [-0.39, 0.29) is 18.0 Å². The van der Waals surface area contributed by atoms with E-state index in [1.165, 1.54) is 19.3 Å². The highest BCUT2D eigenvalue weighted by Gasteiger charge is 2.45. The van der Waals surface area contributed by atoms with E-state index in [9.17, 15) is 4.79 Å². The lowest BCUT2D eigenvalue weighted by Crippen LogP contribution is -2.40. The Morgan fingerprint density at radius 1 is 1.06 bits per heavy atom. The summed E-state index contributed by atoms with van der Waals surface area (Å²) in [6.07, 6.45) is 6.65. The van der Waals surface area contributed by atoms with E-state index in [0.717, 1.165) is 47.4 Å². The van der Waals surface area contributed by atoms with Crippen LogP contribution in [-0.4, -0.2) is 33.7 Å². The zero-order valence-electron chi connectivity index (χ0n) is 18.3.